The van der Waals surface area contributed by atoms with Crippen LogP contribution in [0.3, 0.4) is 0 Å². The van der Waals surface area contributed by atoms with Gasteiger partial charge in [-0.05, 0) is 62.1 Å². The Balaban J connectivity index is 1.56. The van der Waals surface area contributed by atoms with Crippen molar-refractivity contribution in [1.29, 1.82) is 0 Å². The predicted molar refractivity (Wildman–Crippen MR) is 138 cm³/mol. The van der Waals surface area contributed by atoms with E-state index in [1.54, 1.807) is 0 Å². The number of ether oxygens (including phenoxy) is 1. The van der Waals surface area contributed by atoms with Crippen LogP contribution in [0.2, 0.25) is 0 Å². The van der Waals surface area contributed by atoms with E-state index in [0.29, 0.717) is 24.6 Å². The van der Waals surface area contributed by atoms with E-state index in [1.807, 2.05) is 75.4 Å². The number of carbonyl (C=O) groups is 1. The van der Waals surface area contributed by atoms with Crippen molar-refractivity contribution >= 4 is 16.9 Å². The van der Waals surface area contributed by atoms with Crippen molar-refractivity contribution in [3.8, 4) is 5.75 Å². The summed E-state index contributed by atoms with van der Waals surface area (Å²) < 4.78 is 8.35. The summed E-state index contributed by atoms with van der Waals surface area (Å²) in [6, 6.07) is 21.9. The summed E-state index contributed by atoms with van der Waals surface area (Å²) in [4.78, 5) is 17.9. The molecule has 0 bridgehead atoms. The molecule has 176 valence electrons. The maximum absolute atomic E-state index is 13.0. The topological polar surface area (TPSA) is 56.2 Å². The molecule has 1 amide bonds. The fraction of sp³-hybridized carbons (Fsp3) is 0.310. The number of rotatable bonds is 8. The number of amides is 1. The van der Waals surface area contributed by atoms with Gasteiger partial charge in [-0.3, -0.25) is 4.79 Å². The average molecular weight is 456 g/mol. The normalized spacial score (nSPS) is 12.2. The molecule has 0 spiro atoms. The smallest absolute Gasteiger partial charge is 0.252 e. The number of nitrogens with zero attached hydrogens (tertiary/aromatic N) is 2. The second kappa shape index (κ2) is 10.1. The lowest BCUT2D eigenvalue weighted by atomic mass is 10.0. The zero-order valence-corrected chi connectivity index (χ0v) is 20.6. The van der Waals surface area contributed by atoms with E-state index in [1.165, 1.54) is 5.56 Å². The number of aryl methyl sites for hydroxylation is 2. The first-order chi connectivity index (χ1) is 16.3. The average Bonchev–Trinajstić information content (AvgIpc) is 3.18. The van der Waals surface area contributed by atoms with Crippen LogP contribution < -0.4 is 10.1 Å². The Kier molecular flexibility index (Phi) is 7.01. The lowest BCUT2D eigenvalue weighted by Crippen LogP contribution is -2.29. The highest BCUT2D eigenvalue weighted by Gasteiger charge is 2.20. The number of carbonyl (C=O) groups excluding carboxylic acids is 1. The molecule has 4 rings (SSSR count). The van der Waals surface area contributed by atoms with Crippen molar-refractivity contribution in [3.05, 3.63) is 94.8 Å². The number of imidazole rings is 1. The van der Waals surface area contributed by atoms with E-state index in [9.17, 15) is 4.79 Å². The van der Waals surface area contributed by atoms with Crippen LogP contribution >= 0.6 is 0 Å². The van der Waals surface area contributed by atoms with Crippen molar-refractivity contribution in [3.63, 3.8) is 0 Å². The predicted octanol–water partition coefficient (Wildman–Crippen LogP) is 6.35. The zero-order valence-electron chi connectivity index (χ0n) is 20.6. The molecule has 34 heavy (non-hydrogen) atoms. The van der Waals surface area contributed by atoms with Gasteiger partial charge in [-0.15, -0.1) is 0 Å². The molecule has 0 saturated carbocycles. The van der Waals surface area contributed by atoms with Crippen LogP contribution in [0.5, 0.6) is 5.75 Å². The van der Waals surface area contributed by atoms with E-state index in [-0.39, 0.29) is 11.9 Å². The number of hydrogen-bond donors (Lipinski definition) is 1. The van der Waals surface area contributed by atoms with Crippen molar-refractivity contribution in [1.82, 2.24) is 14.9 Å². The van der Waals surface area contributed by atoms with Gasteiger partial charge < -0.3 is 14.6 Å². The lowest BCUT2D eigenvalue weighted by molar-refractivity contribution is 0.0937. The molecule has 0 fully saturated rings. The summed E-state index contributed by atoms with van der Waals surface area (Å²) >= 11 is 0. The van der Waals surface area contributed by atoms with Crippen LogP contribution in [-0.2, 0) is 6.54 Å². The molecule has 1 atom stereocenters. The summed E-state index contributed by atoms with van der Waals surface area (Å²) in [5.41, 5.74) is 5.94. The number of nitrogens with one attached hydrogen (secondary N) is 1. The molecule has 0 radical (unpaired) electrons. The van der Waals surface area contributed by atoms with E-state index in [2.05, 4.69) is 35.9 Å². The molecule has 1 aromatic heterocycles. The standard InChI is InChI=1S/C29H33N3O2/c1-19(2)23-10-6-9-13-27(23)34-17-16-32-26-12-8-7-11-25(26)31-28(32)22(5)30-29(33)24-15-14-20(3)18-21(24)4/h6-15,18-19,22H,16-17H2,1-5H3,(H,30,33). The van der Waals surface area contributed by atoms with Gasteiger partial charge in [0.2, 0.25) is 0 Å². The first kappa shape index (κ1) is 23.6. The summed E-state index contributed by atoms with van der Waals surface area (Å²) in [5, 5.41) is 3.14. The van der Waals surface area contributed by atoms with Crippen molar-refractivity contribution in [2.75, 3.05) is 6.61 Å². The van der Waals surface area contributed by atoms with Crippen LogP contribution in [0.1, 0.15) is 65.6 Å². The van der Waals surface area contributed by atoms with Crippen molar-refractivity contribution < 1.29 is 9.53 Å². The van der Waals surface area contributed by atoms with Crippen LogP contribution in [0.25, 0.3) is 11.0 Å². The minimum Gasteiger partial charge on any atom is -0.491 e. The summed E-state index contributed by atoms with van der Waals surface area (Å²) in [6.07, 6.45) is 0. The highest BCUT2D eigenvalue weighted by atomic mass is 16.5. The first-order valence-corrected chi connectivity index (χ1v) is 11.9. The van der Waals surface area contributed by atoms with Crippen LogP contribution in [0.15, 0.2) is 66.7 Å². The SMILES string of the molecule is Cc1ccc(C(=O)NC(C)c2nc3ccccc3n2CCOc2ccccc2C(C)C)c(C)c1. The summed E-state index contributed by atoms with van der Waals surface area (Å²) in [6.45, 7) is 11.5. The van der Waals surface area contributed by atoms with E-state index in [0.717, 1.165) is 33.7 Å². The quantitative estimate of drug-likeness (QED) is 0.337. The van der Waals surface area contributed by atoms with Gasteiger partial charge in [0.15, 0.2) is 0 Å². The number of benzene rings is 3. The van der Waals surface area contributed by atoms with Gasteiger partial charge in [0, 0.05) is 5.56 Å². The minimum absolute atomic E-state index is 0.0919. The highest BCUT2D eigenvalue weighted by Crippen LogP contribution is 2.26. The largest absolute Gasteiger partial charge is 0.491 e. The van der Waals surface area contributed by atoms with Crippen molar-refractivity contribution in [2.45, 2.75) is 53.1 Å². The molecule has 0 aliphatic rings. The van der Waals surface area contributed by atoms with Crippen LogP contribution in [0.4, 0.5) is 0 Å². The molecule has 5 heteroatoms. The Hall–Kier alpha value is -3.60. The van der Waals surface area contributed by atoms with Gasteiger partial charge in [0.1, 0.15) is 18.2 Å². The second-order valence-electron chi connectivity index (χ2n) is 9.16. The van der Waals surface area contributed by atoms with Gasteiger partial charge >= 0.3 is 0 Å². The first-order valence-electron chi connectivity index (χ1n) is 11.9. The number of para-hydroxylation sites is 3. The summed E-state index contributed by atoms with van der Waals surface area (Å²) in [5.74, 6) is 2.03. The van der Waals surface area contributed by atoms with E-state index >= 15 is 0 Å². The maximum Gasteiger partial charge on any atom is 0.252 e. The number of hydrogen-bond acceptors (Lipinski definition) is 3. The molecule has 0 saturated heterocycles. The van der Waals surface area contributed by atoms with Crippen LogP contribution in [0, 0.1) is 13.8 Å². The molecule has 5 nitrogen and oxygen atoms in total. The fourth-order valence-corrected chi connectivity index (χ4v) is 4.40. The third kappa shape index (κ3) is 4.98. The van der Waals surface area contributed by atoms with Gasteiger partial charge in [0.05, 0.1) is 23.6 Å². The lowest BCUT2D eigenvalue weighted by Gasteiger charge is -2.18. The molecule has 0 aliphatic carbocycles. The third-order valence-electron chi connectivity index (χ3n) is 6.16. The Bertz CT molecular complexity index is 1310. The van der Waals surface area contributed by atoms with Crippen molar-refractivity contribution in [2.24, 2.45) is 0 Å². The number of fused-ring (bicyclic) bond motifs is 1. The molecule has 1 unspecified atom stereocenters. The van der Waals surface area contributed by atoms with Gasteiger partial charge in [0.25, 0.3) is 5.91 Å². The van der Waals surface area contributed by atoms with Gasteiger partial charge in [-0.25, -0.2) is 4.98 Å². The Morgan fingerprint density at radius 1 is 1.00 bits per heavy atom. The summed E-state index contributed by atoms with van der Waals surface area (Å²) in [7, 11) is 0. The fourth-order valence-electron chi connectivity index (χ4n) is 4.40. The molecule has 1 heterocycles. The van der Waals surface area contributed by atoms with Gasteiger partial charge in [-0.1, -0.05) is 61.9 Å². The molecule has 4 aromatic rings. The van der Waals surface area contributed by atoms with Gasteiger partial charge in [-0.2, -0.15) is 0 Å². The minimum atomic E-state index is -0.261. The molecule has 1 N–H and O–H groups in total. The highest BCUT2D eigenvalue weighted by molar-refractivity contribution is 5.96. The monoisotopic (exact) mass is 455 g/mol. The van der Waals surface area contributed by atoms with E-state index in [4.69, 9.17) is 9.72 Å². The maximum atomic E-state index is 13.0. The third-order valence-corrected chi connectivity index (χ3v) is 6.16. The molecule has 0 aliphatic heterocycles. The van der Waals surface area contributed by atoms with Crippen LogP contribution in [-0.4, -0.2) is 22.1 Å². The second-order valence-corrected chi connectivity index (χ2v) is 9.16. The zero-order chi connectivity index (χ0) is 24.2. The Morgan fingerprint density at radius 2 is 1.74 bits per heavy atom. The Labute approximate surface area is 201 Å². The molecule has 3 aromatic carbocycles. The van der Waals surface area contributed by atoms with E-state index < -0.39 is 0 Å². The molecular formula is C29H33N3O2. The Morgan fingerprint density at radius 3 is 2.50 bits per heavy atom. The number of aromatic nitrogens is 2. The molecular weight excluding hydrogens is 422 g/mol.